The smallest absolute Gasteiger partial charge is 0.331 e. The number of nitrogens with one attached hydrogen (secondary N) is 2. The summed E-state index contributed by atoms with van der Waals surface area (Å²) in [6, 6.07) is 4.90. The van der Waals surface area contributed by atoms with Crippen LogP contribution in [-0.2, 0) is 4.79 Å². The normalized spacial score (nSPS) is 11.8. The molecule has 110 valence electrons. The third kappa shape index (κ3) is 4.40. The van der Waals surface area contributed by atoms with Crippen LogP contribution in [0.3, 0.4) is 0 Å². The van der Waals surface area contributed by atoms with Gasteiger partial charge in [0.2, 0.25) is 0 Å². The summed E-state index contributed by atoms with van der Waals surface area (Å²) < 4.78 is 0. The molecule has 0 spiro atoms. The molecule has 1 rings (SSSR count). The Bertz CT molecular complexity index is 482. The molecule has 1 aromatic rings. The molecule has 0 aliphatic rings. The molecule has 6 nitrogen and oxygen atoms in total. The summed E-state index contributed by atoms with van der Waals surface area (Å²) in [5.74, 6) is -1.16. The van der Waals surface area contributed by atoms with Crippen LogP contribution >= 0.6 is 11.6 Å². The molecule has 0 saturated heterocycles. The highest BCUT2D eigenvalue weighted by atomic mass is 35.5. The molecular formula is C13H18ClN3O3. The van der Waals surface area contributed by atoms with Crippen LogP contribution < -0.4 is 10.6 Å². The number of urea groups is 1. The predicted molar refractivity (Wildman–Crippen MR) is 76.9 cm³/mol. The number of nitrogens with zero attached hydrogens (tertiary/aromatic N) is 1. The minimum absolute atomic E-state index is 0.304. The lowest BCUT2D eigenvalue weighted by Gasteiger charge is -2.22. The van der Waals surface area contributed by atoms with Gasteiger partial charge in [-0.3, -0.25) is 0 Å². The molecule has 0 aliphatic heterocycles. The lowest BCUT2D eigenvalue weighted by molar-refractivity contribution is -0.139. The Labute approximate surface area is 122 Å². The highest BCUT2D eigenvalue weighted by Crippen LogP contribution is 2.22. The summed E-state index contributed by atoms with van der Waals surface area (Å²) in [7, 11) is 3.37. The maximum absolute atomic E-state index is 11.9. The minimum atomic E-state index is -1.17. The Kier molecular flexibility index (Phi) is 6.27. The van der Waals surface area contributed by atoms with E-state index in [0.29, 0.717) is 23.7 Å². The number of likely N-dealkylation sites (N-methyl/N-ethyl adjacent to an activating group) is 2. The first-order chi connectivity index (χ1) is 9.47. The van der Waals surface area contributed by atoms with E-state index >= 15 is 0 Å². The van der Waals surface area contributed by atoms with E-state index in [1.807, 2.05) is 0 Å². The maximum Gasteiger partial charge on any atom is 0.331 e. The average molecular weight is 300 g/mol. The number of carbonyl (C=O) groups is 2. The van der Waals surface area contributed by atoms with Crippen molar-refractivity contribution in [3.05, 3.63) is 34.9 Å². The fourth-order valence-corrected chi connectivity index (χ4v) is 1.84. The van der Waals surface area contributed by atoms with Gasteiger partial charge in [-0.15, -0.1) is 0 Å². The highest BCUT2D eigenvalue weighted by molar-refractivity contribution is 6.31. The second-order valence-electron chi connectivity index (χ2n) is 4.27. The standard InChI is InChI=1S/C13H18ClN3O3/c1-15-7-8-17(2)13(20)16-11(12(18)19)9-5-3-4-6-10(9)14/h3-6,11,15H,7-8H2,1-2H3,(H,16,20)(H,18,19)/t11-/m1/s1. The summed E-state index contributed by atoms with van der Waals surface area (Å²) in [5.41, 5.74) is 0.358. The molecule has 7 heteroatoms. The molecule has 1 atom stereocenters. The van der Waals surface area contributed by atoms with E-state index in [1.165, 1.54) is 4.90 Å². The minimum Gasteiger partial charge on any atom is -0.479 e. The first-order valence-electron chi connectivity index (χ1n) is 6.10. The number of amides is 2. The van der Waals surface area contributed by atoms with Gasteiger partial charge < -0.3 is 20.6 Å². The van der Waals surface area contributed by atoms with Crippen LogP contribution in [0.15, 0.2) is 24.3 Å². The van der Waals surface area contributed by atoms with E-state index in [9.17, 15) is 14.7 Å². The molecule has 0 aliphatic carbocycles. The molecule has 2 amide bonds. The van der Waals surface area contributed by atoms with Gasteiger partial charge in [-0.25, -0.2) is 9.59 Å². The Morgan fingerprint density at radius 1 is 1.40 bits per heavy atom. The summed E-state index contributed by atoms with van der Waals surface area (Å²) in [5, 5.41) is 14.9. The molecule has 1 aromatic carbocycles. The predicted octanol–water partition coefficient (Wildman–Crippen LogP) is 1.33. The van der Waals surface area contributed by atoms with Crippen molar-refractivity contribution < 1.29 is 14.7 Å². The summed E-state index contributed by atoms with van der Waals surface area (Å²) >= 11 is 5.97. The molecular weight excluding hydrogens is 282 g/mol. The van der Waals surface area contributed by atoms with Gasteiger partial charge in [0.25, 0.3) is 0 Å². The molecule has 20 heavy (non-hydrogen) atoms. The van der Waals surface area contributed by atoms with E-state index in [4.69, 9.17) is 11.6 Å². The number of halogens is 1. The molecule has 0 heterocycles. The number of carboxylic acids is 1. The SMILES string of the molecule is CNCCN(C)C(=O)N[C@@H](C(=O)O)c1ccccc1Cl. The van der Waals surface area contributed by atoms with E-state index < -0.39 is 18.0 Å². The summed E-state index contributed by atoms with van der Waals surface area (Å²) in [6.45, 7) is 1.09. The third-order valence-corrected chi connectivity index (χ3v) is 3.12. The molecule has 0 radical (unpaired) electrons. The quantitative estimate of drug-likeness (QED) is 0.740. The molecule has 0 bridgehead atoms. The summed E-state index contributed by atoms with van der Waals surface area (Å²) in [4.78, 5) is 24.7. The van der Waals surface area contributed by atoms with Gasteiger partial charge in [-0.1, -0.05) is 29.8 Å². The van der Waals surface area contributed by atoms with Gasteiger partial charge >= 0.3 is 12.0 Å². The Morgan fingerprint density at radius 3 is 2.60 bits per heavy atom. The largest absolute Gasteiger partial charge is 0.479 e. The second kappa shape index (κ2) is 7.72. The zero-order valence-corrected chi connectivity index (χ0v) is 12.1. The van der Waals surface area contributed by atoms with Crippen molar-refractivity contribution >= 4 is 23.6 Å². The lowest BCUT2D eigenvalue weighted by atomic mass is 10.1. The maximum atomic E-state index is 11.9. The first kappa shape index (κ1) is 16.3. The van der Waals surface area contributed by atoms with Gasteiger partial charge in [-0.05, 0) is 13.1 Å². The Balaban J connectivity index is 2.81. The van der Waals surface area contributed by atoms with Crippen molar-refractivity contribution in [2.24, 2.45) is 0 Å². The summed E-state index contributed by atoms with van der Waals surface area (Å²) in [6.07, 6.45) is 0. The van der Waals surface area contributed by atoms with Crippen LogP contribution in [0.1, 0.15) is 11.6 Å². The van der Waals surface area contributed by atoms with Gasteiger partial charge in [0.1, 0.15) is 0 Å². The zero-order valence-electron chi connectivity index (χ0n) is 11.4. The zero-order chi connectivity index (χ0) is 15.1. The lowest BCUT2D eigenvalue weighted by Crippen LogP contribution is -2.43. The number of benzene rings is 1. The second-order valence-corrected chi connectivity index (χ2v) is 4.67. The van der Waals surface area contributed by atoms with Crippen LogP contribution in [0.2, 0.25) is 5.02 Å². The molecule has 0 aromatic heterocycles. The van der Waals surface area contributed by atoms with Crippen molar-refractivity contribution in [2.45, 2.75) is 6.04 Å². The van der Waals surface area contributed by atoms with E-state index in [1.54, 1.807) is 38.4 Å². The van der Waals surface area contributed by atoms with Crippen molar-refractivity contribution in [3.63, 3.8) is 0 Å². The van der Waals surface area contributed by atoms with E-state index in [2.05, 4.69) is 10.6 Å². The fraction of sp³-hybridized carbons (Fsp3) is 0.385. The molecule has 0 saturated carbocycles. The molecule has 0 unspecified atom stereocenters. The fourth-order valence-electron chi connectivity index (χ4n) is 1.60. The number of carbonyl (C=O) groups excluding carboxylic acids is 1. The van der Waals surface area contributed by atoms with Crippen LogP contribution in [-0.4, -0.2) is 49.2 Å². The number of aliphatic carboxylic acids is 1. The average Bonchev–Trinajstić information content (AvgIpc) is 2.42. The highest BCUT2D eigenvalue weighted by Gasteiger charge is 2.25. The van der Waals surface area contributed by atoms with Crippen molar-refractivity contribution in [1.29, 1.82) is 0 Å². The van der Waals surface area contributed by atoms with E-state index in [-0.39, 0.29) is 0 Å². The Morgan fingerprint density at radius 2 is 2.05 bits per heavy atom. The number of hydrogen-bond acceptors (Lipinski definition) is 3. The van der Waals surface area contributed by atoms with Crippen LogP contribution in [0.5, 0.6) is 0 Å². The van der Waals surface area contributed by atoms with Crippen LogP contribution in [0.25, 0.3) is 0 Å². The monoisotopic (exact) mass is 299 g/mol. The van der Waals surface area contributed by atoms with Gasteiger partial charge in [-0.2, -0.15) is 0 Å². The number of rotatable bonds is 6. The molecule has 0 fully saturated rings. The van der Waals surface area contributed by atoms with Gasteiger partial charge in [0.15, 0.2) is 6.04 Å². The number of hydrogen-bond donors (Lipinski definition) is 3. The molecule has 3 N–H and O–H groups in total. The topological polar surface area (TPSA) is 81.7 Å². The van der Waals surface area contributed by atoms with Crippen LogP contribution in [0, 0.1) is 0 Å². The Hall–Kier alpha value is -1.79. The van der Waals surface area contributed by atoms with Gasteiger partial charge in [0, 0.05) is 30.7 Å². The van der Waals surface area contributed by atoms with Crippen molar-refractivity contribution in [1.82, 2.24) is 15.5 Å². The third-order valence-electron chi connectivity index (χ3n) is 2.77. The van der Waals surface area contributed by atoms with Crippen molar-refractivity contribution in [3.8, 4) is 0 Å². The van der Waals surface area contributed by atoms with Crippen molar-refractivity contribution in [2.75, 3.05) is 27.2 Å². The van der Waals surface area contributed by atoms with Gasteiger partial charge in [0.05, 0.1) is 0 Å². The van der Waals surface area contributed by atoms with Crippen LogP contribution in [0.4, 0.5) is 4.79 Å². The number of carboxylic acid groups (broad SMARTS) is 1. The van der Waals surface area contributed by atoms with E-state index in [0.717, 1.165) is 0 Å². The first-order valence-corrected chi connectivity index (χ1v) is 6.48.